The molecule has 0 bridgehead atoms. The van der Waals surface area contributed by atoms with Gasteiger partial charge >= 0.3 is 0 Å². The van der Waals surface area contributed by atoms with E-state index < -0.39 is 0 Å². The predicted molar refractivity (Wildman–Crippen MR) is 120 cm³/mol. The third-order valence-corrected chi connectivity index (χ3v) is 4.89. The number of carbonyl (C=O) groups is 1. The summed E-state index contributed by atoms with van der Waals surface area (Å²) in [5.74, 6) is 6.30. The summed E-state index contributed by atoms with van der Waals surface area (Å²) in [6, 6.07) is 15.4. The SMILES string of the molecule is Cc1ccc(C#Cc2cc(C(=O)NCCCc3cn[nH]c3)ccc2-n2cccn2)cc1. The van der Waals surface area contributed by atoms with Gasteiger partial charge < -0.3 is 5.32 Å². The van der Waals surface area contributed by atoms with Crippen LogP contribution >= 0.6 is 0 Å². The third kappa shape index (κ3) is 5.28. The van der Waals surface area contributed by atoms with Crippen molar-refractivity contribution in [2.45, 2.75) is 19.8 Å². The molecule has 0 fully saturated rings. The Morgan fingerprint density at radius 3 is 2.77 bits per heavy atom. The second kappa shape index (κ2) is 9.59. The topological polar surface area (TPSA) is 75.6 Å². The van der Waals surface area contributed by atoms with E-state index in [4.69, 9.17) is 0 Å². The van der Waals surface area contributed by atoms with Gasteiger partial charge in [-0.2, -0.15) is 10.2 Å². The summed E-state index contributed by atoms with van der Waals surface area (Å²) in [6.07, 6.45) is 8.96. The van der Waals surface area contributed by atoms with Gasteiger partial charge in [0.2, 0.25) is 0 Å². The zero-order chi connectivity index (χ0) is 21.5. The standard InChI is InChI=1S/C25H23N5O/c1-19-5-7-20(8-6-19)9-10-22-16-23(11-12-24(22)30-15-3-14-29-30)25(31)26-13-2-4-21-17-27-28-18-21/h3,5-8,11-12,14-18H,2,4,13H2,1H3,(H,26,31)(H,27,28). The van der Waals surface area contributed by atoms with Gasteiger partial charge in [0.25, 0.3) is 5.91 Å². The van der Waals surface area contributed by atoms with Crippen molar-refractivity contribution in [2.24, 2.45) is 0 Å². The Bertz CT molecular complexity index is 1200. The van der Waals surface area contributed by atoms with Crippen LogP contribution in [0.3, 0.4) is 0 Å². The van der Waals surface area contributed by atoms with Crippen LogP contribution in [-0.2, 0) is 6.42 Å². The molecule has 0 aliphatic carbocycles. The summed E-state index contributed by atoms with van der Waals surface area (Å²) in [5.41, 5.74) is 5.40. The lowest BCUT2D eigenvalue weighted by Crippen LogP contribution is -2.25. The Kier molecular flexibility index (Phi) is 6.24. The monoisotopic (exact) mass is 409 g/mol. The van der Waals surface area contributed by atoms with Crippen molar-refractivity contribution in [3.63, 3.8) is 0 Å². The van der Waals surface area contributed by atoms with Gasteiger partial charge in [-0.1, -0.05) is 29.5 Å². The van der Waals surface area contributed by atoms with Crippen LogP contribution in [0.4, 0.5) is 0 Å². The van der Waals surface area contributed by atoms with Gasteiger partial charge in [0, 0.05) is 36.3 Å². The zero-order valence-electron chi connectivity index (χ0n) is 17.3. The fourth-order valence-corrected chi connectivity index (χ4v) is 3.18. The van der Waals surface area contributed by atoms with Crippen LogP contribution in [0.1, 0.15) is 39.0 Å². The second-order valence-corrected chi connectivity index (χ2v) is 7.26. The van der Waals surface area contributed by atoms with E-state index in [1.807, 2.05) is 61.8 Å². The molecule has 4 aromatic rings. The van der Waals surface area contributed by atoms with E-state index >= 15 is 0 Å². The molecule has 0 radical (unpaired) electrons. The Balaban J connectivity index is 1.52. The molecule has 31 heavy (non-hydrogen) atoms. The first-order chi connectivity index (χ1) is 15.2. The van der Waals surface area contributed by atoms with Gasteiger partial charge in [-0.25, -0.2) is 4.68 Å². The molecule has 2 aromatic heterocycles. The third-order valence-electron chi connectivity index (χ3n) is 4.89. The van der Waals surface area contributed by atoms with Gasteiger partial charge in [0.05, 0.1) is 17.4 Å². The maximum atomic E-state index is 12.7. The molecule has 0 aliphatic heterocycles. The van der Waals surface area contributed by atoms with E-state index in [0.29, 0.717) is 12.1 Å². The number of aromatic nitrogens is 4. The van der Waals surface area contributed by atoms with Crippen LogP contribution in [0.15, 0.2) is 73.3 Å². The summed E-state index contributed by atoms with van der Waals surface area (Å²) in [5, 5.41) is 14.0. The van der Waals surface area contributed by atoms with E-state index in [1.54, 1.807) is 23.1 Å². The quantitative estimate of drug-likeness (QED) is 0.377. The minimum atomic E-state index is -0.113. The molecule has 6 nitrogen and oxygen atoms in total. The average Bonchev–Trinajstić information content (AvgIpc) is 3.50. The fraction of sp³-hybridized carbons (Fsp3) is 0.160. The fourth-order valence-electron chi connectivity index (χ4n) is 3.18. The highest BCUT2D eigenvalue weighted by molar-refractivity contribution is 5.95. The van der Waals surface area contributed by atoms with Crippen LogP contribution in [0.2, 0.25) is 0 Å². The maximum Gasteiger partial charge on any atom is 0.251 e. The van der Waals surface area contributed by atoms with Gasteiger partial charge in [0.15, 0.2) is 0 Å². The Morgan fingerprint density at radius 2 is 2.03 bits per heavy atom. The number of benzene rings is 2. The largest absolute Gasteiger partial charge is 0.352 e. The van der Waals surface area contributed by atoms with Crippen molar-refractivity contribution in [1.82, 2.24) is 25.3 Å². The Labute approximate surface area is 181 Å². The molecule has 0 saturated carbocycles. The number of nitrogens with one attached hydrogen (secondary N) is 2. The molecule has 4 rings (SSSR count). The summed E-state index contributed by atoms with van der Waals surface area (Å²) in [4.78, 5) is 12.7. The number of aryl methyl sites for hydroxylation is 2. The van der Waals surface area contributed by atoms with E-state index in [2.05, 4.69) is 32.5 Å². The highest BCUT2D eigenvalue weighted by Crippen LogP contribution is 2.16. The number of hydrogen-bond acceptors (Lipinski definition) is 3. The first-order valence-electron chi connectivity index (χ1n) is 10.2. The number of hydrogen-bond donors (Lipinski definition) is 2. The Morgan fingerprint density at radius 1 is 1.16 bits per heavy atom. The first kappa shape index (κ1) is 20.2. The molecule has 1 amide bonds. The maximum absolute atomic E-state index is 12.7. The van der Waals surface area contributed by atoms with Gasteiger partial charge in [-0.3, -0.25) is 9.89 Å². The van der Waals surface area contributed by atoms with E-state index in [9.17, 15) is 4.79 Å². The van der Waals surface area contributed by atoms with E-state index in [0.717, 1.165) is 35.2 Å². The van der Waals surface area contributed by atoms with Crippen LogP contribution in [0.5, 0.6) is 0 Å². The predicted octanol–water partition coefficient (Wildman–Crippen LogP) is 3.67. The van der Waals surface area contributed by atoms with Gasteiger partial charge in [-0.15, -0.1) is 0 Å². The molecular formula is C25H23N5O. The number of rotatable bonds is 6. The lowest BCUT2D eigenvalue weighted by Gasteiger charge is -2.09. The first-order valence-corrected chi connectivity index (χ1v) is 10.2. The summed E-state index contributed by atoms with van der Waals surface area (Å²) in [6.45, 7) is 2.64. The van der Waals surface area contributed by atoms with Crippen molar-refractivity contribution >= 4 is 5.91 Å². The van der Waals surface area contributed by atoms with E-state index in [-0.39, 0.29) is 5.91 Å². The number of amides is 1. The second-order valence-electron chi connectivity index (χ2n) is 7.26. The van der Waals surface area contributed by atoms with Crippen molar-refractivity contribution in [1.29, 1.82) is 0 Å². The molecule has 0 spiro atoms. The minimum Gasteiger partial charge on any atom is -0.352 e. The van der Waals surface area contributed by atoms with Crippen LogP contribution < -0.4 is 5.32 Å². The summed E-state index contributed by atoms with van der Waals surface area (Å²) < 4.78 is 1.76. The normalized spacial score (nSPS) is 10.4. The van der Waals surface area contributed by atoms with Crippen LogP contribution in [0.25, 0.3) is 5.69 Å². The van der Waals surface area contributed by atoms with Crippen LogP contribution in [0, 0.1) is 18.8 Å². The lowest BCUT2D eigenvalue weighted by molar-refractivity contribution is 0.0953. The summed E-state index contributed by atoms with van der Waals surface area (Å²) >= 11 is 0. The zero-order valence-corrected chi connectivity index (χ0v) is 17.3. The molecular weight excluding hydrogens is 386 g/mol. The molecule has 2 aromatic carbocycles. The van der Waals surface area contributed by atoms with Gasteiger partial charge in [0.1, 0.15) is 0 Å². The van der Waals surface area contributed by atoms with Gasteiger partial charge in [-0.05, 0) is 61.7 Å². The van der Waals surface area contributed by atoms with Crippen molar-refractivity contribution < 1.29 is 4.79 Å². The molecule has 6 heteroatoms. The number of carbonyl (C=O) groups excluding carboxylic acids is 1. The van der Waals surface area contributed by atoms with Crippen molar-refractivity contribution in [3.05, 3.63) is 101 Å². The number of nitrogens with zero attached hydrogens (tertiary/aromatic N) is 3. The average molecular weight is 409 g/mol. The van der Waals surface area contributed by atoms with E-state index in [1.165, 1.54) is 5.56 Å². The van der Waals surface area contributed by atoms with Crippen molar-refractivity contribution in [3.8, 4) is 17.5 Å². The molecule has 0 aliphatic rings. The molecule has 154 valence electrons. The smallest absolute Gasteiger partial charge is 0.251 e. The number of aromatic amines is 1. The minimum absolute atomic E-state index is 0.113. The molecule has 2 N–H and O–H groups in total. The highest BCUT2D eigenvalue weighted by atomic mass is 16.1. The van der Waals surface area contributed by atoms with Crippen LogP contribution in [-0.4, -0.2) is 32.4 Å². The number of H-pyrrole nitrogens is 1. The molecule has 2 heterocycles. The Hall–Kier alpha value is -4.11. The molecule has 0 saturated heterocycles. The highest BCUT2D eigenvalue weighted by Gasteiger charge is 2.10. The molecule has 0 unspecified atom stereocenters. The molecule has 0 atom stereocenters. The summed E-state index contributed by atoms with van der Waals surface area (Å²) in [7, 11) is 0. The van der Waals surface area contributed by atoms with Crippen molar-refractivity contribution in [2.75, 3.05) is 6.54 Å². The lowest BCUT2D eigenvalue weighted by atomic mass is 10.1.